The van der Waals surface area contributed by atoms with Gasteiger partial charge in [0.05, 0.1) is 0 Å². The Labute approximate surface area is 98.3 Å². The number of pyridine rings is 1. The average Bonchev–Trinajstić information content (AvgIpc) is 2.25. The molecule has 2 N–H and O–H groups in total. The first kappa shape index (κ1) is 11.6. The maximum atomic E-state index is 6.60. The molecule has 1 saturated carbocycles. The van der Waals surface area contributed by atoms with Gasteiger partial charge in [-0.1, -0.05) is 26.3 Å². The number of hydrogen-bond donors (Lipinski definition) is 1. The zero-order chi connectivity index (χ0) is 11.6. The highest BCUT2D eigenvalue weighted by atomic mass is 14.8. The van der Waals surface area contributed by atoms with E-state index in [9.17, 15) is 0 Å². The van der Waals surface area contributed by atoms with Crippen LogP contribution in [-0.2, 0) is 6.42 Å². The molecule has 1 fully saturated rings. The Balaban J connectivity index is 2.12. The molecule has 0 aromatic carbocycles. The van der Waals surface area contributed by atoms with Crippen molar-refractivity contribution in [2.45, 2.75) is 45.1 Å². The molecule has 2 nitrogen and oxygen atoms in total. The molecule has 0 amide bonds. The molecule has 1 heterocycles. The summed E-state index contributed by atoms with van der Waals surface area (Å²) in [4.78, 5) is 4.17. The second-order valence-electron chi connectivity index (χ2n) is 5.56. The zero-order valence-corrected chi connectivity index (χ0v) is 10.3. The minimum Gasteiger partial charge on any atom is -0.325 e. The van der Waals surface area contributed by atoms with Crippen molar-refractivity contribution in [2.24, 2.45) is 17.6 Å². The highest BCUT2D eigenvalue weighted by Gasteiger charge is 2.37. The summed E-state index contributed by atoms with van der Waals surface area (Å²) in [5.74, 6) is 1.38. The summed E-state index contributed by atoms with van der Waals surface area (Å²) in [6.45, 7) is 4.61. The standard InChI is InChI=1S/C14H22N2/c1-11-5-6-12(2)14(15,8-11)9-13-4-3-7-16-10-13/h3-4,7,10-12H,5-6,8-9,15H2,1-2H3. The van der Waals surface area contributed by atoms with E-state index in [0.29, 0.717) is 5.92 Å². The van der Waals surface area contributed by atoms with Crippen LogP contribution >= 0.6 is 0 Å². The van der Waals surface area contributed by atoms with E-state index in [0.717, 1.165) is 18.8 Å². The average molecular weight is 218 g/mol. The van der Waals surface area contributed by atoms with Crippen molar-refractivity contribution >= 4 is 0 Å². The monoisotopic (exact) mass is 218 g/mol. The maximum Gasteiger partial charge on any atom is 0.0300 e. The fraction of sp³-hybridized carbons (Fsp3) is 0.643. The molecule has 2 rings (SSSR count). The molecule has 88 valence electrons. The summed E-state index contributed by atoms with van der Waals surface area (Å²) >= 11 is 0. The van der Waals surface area contributed by atoms with Crippen LogP contribution in [0.2, 0.25) is 0 Å². The van der Waals surface area contributed by atoms with Gasteiger partial charge in [-0.3, -0.25) is 4.98 Å². The van der Waals surface area contributed by atoms with Crippen molar-refractivity contribution in [3.63, 3.8) is 0 Å². The van der Waals surface area contributed by atoms with E-state index in [1.54, 1.807) is 0 Å². The van der Waals surface area contributed by atoms with Crippen LogP contribution in [0, 0.1) is 11.8 Å². The van der Waals surface area contributed by atoms with Gasteiger partial charge in [-0.05, 0) is 42.7 Å². The second kappa shape index (κ2) is 4.54. The molecule has 3 atom stereocenters. The fourth-order valence-electron chi connectivity index (χ4n) is 2.90. The summed E-state index contributed by atoms with van der Waals surface area (Å²) in [5, 5.41) is 0. The SMILES string of the molecule is CC1CCC(C)C(N)(Cc2cccnc2)C1. The van der Waals surface area contributed by atoms with Crippen LogP contribution in [0.1, 0.15) is 38.7 Å². The quantitative estimate of drug-likeness (QED) is 0.829. The predicted octanol–water partition coefficient (Wildman–Crippen LogP) is 2.78. The van der Waals surface area contributed by atoms with E-state index in [-0.39, 0.29) is 5.54 Å². The lowest BCUT2D eigenvalue weighted by Crippen LogP contribution is -2.51. The Kier molecular flexibility index (Phi) is 3.29. The van der Waals surface area contributed by atoms with Crippen LogP contribution < -0.4 is 5.73 Å². The zero-order valence-electron chi connectivity index (χ0n) is 10.3. The molecule has 1 aliphatic carbocycles. The highest BCUT2D eigenvalue weighted by molar-refractivity contribution is 5.14. The third kappa shape index (κ3) is 2.43. The smallest absolute Gasteiger partial charge is 0.0300 e. The Hall–Kier alpha value is -0.890. The molecule has 0 aliphatic heterocycles. The lowest BCUT2D eigenvalue weighted by molar-refractivity contribution is 0.161. The van der Waals surface area contributed by atoms with E-state index in [1.165, 1.54) is 18.4 Å². The molecular weight excluding hydrogens is 196 g/mol. The predicted molar refractivity (Wildman–Crippen MR) is 67.0 cm³/mol. The number of aromatic nitrogens is 1. The molecule has 3 unspecified atom stereocenters. The minimum absolute atomic E-state index is 0.0271. The molecule has 2 heteroatoms. The summed E-state index contributed by atoms with van der Waals surface area (Å²) in [6.07, 6.45) is 8.46. The Morgan fingerprint density at radius 2 is 2.25 bits per heavy atom. The number of nitrogens with two attached hydrogens (primary N) is 1. The van der Waals surface area contributed by atoms with E-state index in [2.05, 4.69) is 24.9 Å². The summed E-state index contributed by atoms with van der Waals surface area (Å²) < 4.78 is 0. The van der Waals surface area contributed by atoms with Gasteiger partial charge in [0, 0.05) is 17.9 Å². The summed E-state index contributed by atoms with van der Waals surface area (Å²) in [5.41, 5.74) is 7.84. The van der Waals surface area contributed by atoms with Crippen molar-refractivity contribution in [1.29, 1.82) is 0 Å². The third-order valence-electron chi connectivity index (χ3n) is 4.06. The Bertz CT molecular complexity index is 336. The number of rotatable bonds is 2. The summed E-state index contributed by atoms with van der Waals surface area (Å²) in [6, 6.07) is 4.13. The van der Waals surface area contributed by atoms with Crippen molar-refractivity contribution < 1.29 is 0 Å². The highest BCUT2D eigenvalue weighted by Crippen LogP contribution is 2.37. The first-order chi connectivity index (χ1) is 7.60. The largest absolute Gasteiger partial charge is 0.325 e. The number of hydrogen-bond acceptors (Lipinski definition) is 2. The van der Waals surface area contributed by atoms with Gasteiger partial charge in [0.15, 0.2) is 0 Å². The normalized spacial score (nSPS) is 34.9. The first-order valence-electron chi connectivity index (χ1n) is 6.28. The molecule has 1 aromatic rings. The topological polar surface area (TPSA) is 38.9 Å². The molecule has 0 radical (unpaired) electrons. The van der Waals surface area contributed by atoms with Crippen LogP contribution in [-0.4, -0.2) is 10.5 Å². The maximum absolute atomic E-state index is 6.60. The van der Waals surface area contributed by atoms with E-state index in [1.807, 2.05) is 18.5 Å². The van der Waals surface area contributed by atoms with E-state index in [4.69, 9.17) is 5.73 Å². The van der Waals surface area contributed by atoms with Gasteiger partial charge in [-0.2, -0.15) is 0 Å². The molecule has 0 saturated heterocycles. The van der Waals surface area contributed by atoms with Gasteiger partial charge >= 0.3 is 0 Å². The fourth-order valence-corrected chi connectivity index (χ4v) is 2.90. The van der Waals surface area contributed by atoms with E-state index >= 15 is 0 Å². The van der Waals surface area contributed by atoms with Gasteiger partial charge in [-0.25, -0.2) is 0 Å². The van der Waals surface area contributed by atoms with Crippen LogP contribution in [0.25, 0.3) is 0 Å². The van der Waals surface area contributed by atoms with Gasteiger partial charge in [-0.15, -0.1) is 0 Å². The van der Waals surface area contributed by atoms with Crippen LogP contribution in [0.3, 0.4) is 0 Å². The van der Waals surface area contributed by atoms with Gasteiger partial charge in [0.2, 0.25) is 0 Å². The van der Waals surface area contributed by atoms with Crippen molar-refractivity contribution in [1.82, 2.24) is 4.98 Å². The van der Waals surface area contributed by atoms with Gasteiger partial charge in [0.1, 0.15) is 0 Å². The molecular formula is C14H22N2. The second-order valence-corrected chi connectivity index (χ2v) is 5.56. The van der Waals surface area contributed by atoms with Crippen LogP contribution in [0.4, 0.5) is 0 Å². The van der Waals surface area contributed by atoms with Crippen molar-refractivity contribution in [3.05, 3.63) is 30.1 Å². The Morgan fingerprint density at radius 3 is 2.94 bits per heavy atom. The van der Waals surface area contributed by atoms with Crippen LogP contribution in [0.15, 0.2) is 24.5 Å². The third-order valence-corrected chi connectivity index (χ3v) is 4.06. The van der Waals surface area contributed by atoms with Gasteiger partial charge < -0.3 is 5.73 Å². The van der Waals surface area contributed by atoms with Crippen LogP contribution in [0.5, 0.6) is 0 Å². The molecule has 16 heavy (non-hydrogen) atoms. The molecule has 1 aromatic heterocycles. The van der Waals surface area contributed by atoms with Crippen molar-refractivity contribution in [2.75, 3.05) is 0 Å². The van der Waals surface area contributed by atoms with Crippen molar-refractivity contribution in [3.8, 4) is 0 Å². The molecule has 0 spiro atoms. The molecule has 0 bridgehead atoms. The Morgan fingerprint density at radius 1 is 1.44 bits per heavy atom. The van der Waals surface area contributed by atoms with Gasteiger partial charge in [0.25, 0.3) is 0 Å². The lowest BCUT2D eigenvalue weighted by atomic mass is 9.68. The number of nitrogens with zero attached hydrogens (tertiary/aromatic N) is 1. The van der Waals surface area contributed by atoms with E-state index < -0.39 is 0 Å². The lowest BCUT2D eigenvalue weighted by Gasteiger charge is -2.42. The first-order valence-corrected chi connectivity index (χ1v) is 6.28. The molecule has 1 aliphatic rings. The minimum atomic E-state index is -0.0271. The summed E-state index contributed by atoms with van der Waals surface area (Å²) in [7, 11) is 0.